The Morgan fingerprint density at radius 3 is 2.43 bits per heavy atom. The number of aromatic nitrogens is 2. The molecule has 0 saturated carbocycles. The van der Waals surface area contributed by atoms with Gasteiger partial charge in [-0.15, -0.1) is 5.10 Å². The number of H-pyrrole nitrogens is 1. The highest BCUT2D eigenvalue weighted by atomic mass is 19.1. The zero-order valence-corrected chi connectivity index (χ0v) is 14.6. The fourth-order valence-corrected chi connectivity index (χ4v) is 2.93. The number of ether oxygens (including phenoxy) is 1. The van der Waals surface area contributed by atoms with Gasteiger partial charge in [0.15, 0.2) is 0 Å². The first-order chi connectivity index (χ1) is 13.6. The number of nitrogens with zero attached hydrogens (tertiary/aromatic N) is 1. The summed E-state index contributed by atoms with van der Waals surface area (Å²) in [4.78, 5) is 11.7. The summed E-state index contributed by atoms with van der Waals surface area (Å²) in [6.07, 6.45) is 1.38. The molecule has 4 rings (SSSR count). The van der Waals surface area contributed by atoms with E-state index >= 15 is 0 Å². The van der Waals surface area contributed by atoms with E-state index in [1.54, 1.807) is 12.1 Å². The molecule has 0 aliphatic rings. The third-order valence-corrected chi connectivity index (χ3v) is 4.28. The lowest BCUT2D eigenvalue weighted by atomic mass is 10.0. The molecule has 0 atom stereocenters. The van der Waals surface area contributed by atoms with Crippen LogP contribution >= 0.6 is 0 Å². The highest BCUT2D eigenvalue weighted by Crippen LogP contribution is 2.32. The van der Waals surface area contributed by atoms with E-state index in [0.717, 1.165) is 11.1 Å². The van der Waals surface area contributed by atoms with Gasteiger partial charge in [0.25, 0.3) is 0 Å². The minimum Gasteiger partial charge on any atom is -0.478 e. The smallest absolute Gasteiger partial charge is 0.339 e. The number of carbonyl (C=O) groups is 1. The van der Waals surface area contributed by atoms with Crippen LogP contribution in [0.4, 0.5) is 4.39 Å². The zero-order valence-electron chi connectivity index (χ0n) is 14.6. The van der Waals surface area contributed by atoms with Gasteiger partial charge in [-0.25, -0.2) is 4.79 Å². The van der Waals surface area contributed by atoms with Gasteiger partial charge >= 0.3 is 5.97 Å². The molecule has 6 heteroatoms. The largest absolute Gasteiger partial charge is 0.478 e. The first-order valence-corrected chi connectivity index (χ1v) is 8.52. The van der Waals surface area contributed by atoms with Crippen LogP contribution in [0.25, 0.3) is 22.3 Å². The standard InChI is InChI=1S/C22H15FN2O3/c23-21-19(13-24-25-21)16-9-10-20(18(12-16)22(26)27)28-17-8-4-7-15(11-17)14-5-2-1-3-6-14/h1-13H,(H,24,25)(H,26,27). The average molecular weight is 374 g/mol. The Bertz CT molecular complexity index is 1140. The maximum atomic E-state index is 13.7. The van der Waals surface area contributed by atoms with E-state index < -0.39 is 11.9 Å². The molecule has 0 amide bonds. The lowest BCUT2D eigenvalue weighted by Crippen LogP contribution is -2.01. The summed E-state index contributed by atoms with van der Waals surface area (Å²) in [7, 11) is 0. The van der Waals surface area contributed by atoms with E-state index in [9.17, 15) is 14.3 Å². The molecule has 0 saturated heterocycles. The molecule has 0 unspecified atom stereocenters. The third kappa shape index (κ3) is 3.48. The molecule has 5 nitrogen and oxygen atoms in total. The third-order valence-electron chi connectivity index (χ3n) is 4.28. The van der Waals surface area contributed by atoms with Crippen molar-refractivity contribution in [3.63, 3.8) is 0 Å². The molecule has 28 heavy (non-hydrogen) atoms. The monoisotopic (exact) mass is 374 g/mol. The second-order valence-corrected chi connectivity index (χ2v) is 6.10. The molecule has 4 aromatic rings. The maximum Gasteiger partial charge on any atom is 0.339 e. The summed E-state index contributed by atoms with van der Waals surface area (Å²) >= 11 is 0. The summed E-state index contributed by atoms with van der Waals surface area (Å²) in [6, 6.07) is 21.6. The van der Waals surface area contributed by atoms with E-state index in [-0.39, 0.29) is 16.9 Å². The van der Waals surface area contributed by atoms with Gasteiger partial charge in [-0.1, -0.05) is 48.5 Å². The molecule has 0 bridgehead atoms. The minimum absolute atomic E-state index is 0.0665. The normalized spacial score (nSPS) is 10.6. The quantitative estimate of drug-likeness (QED) is 0.492. The maximum absolute atomic E-state index is 13.7. The van der Waals surface area contributed by atoms with Crippen molar-refractivity contribution in [2.45, 2.75) is 0 Å². The SMILES string of the molecule is O=C(O)c1cc(-c2c[nH]nc2F)ccc1Oc1cccc(-c2ccccc2)c1. The van der Waals surface area contributed by atoms with Gasteiger partial charge in [0.2, 0.25) is 5.95 Å². The topological polar surface area (TPSA) is 75.2 Å². The Hall–Kier alpha value is -3.93. The van der Waals surface area contributed by atoms with E-state index in [1.807, 2.05) is 48.5 Å². The van der Waals surface area contributed by atoms with Crippen LogP contribution in [0, 0.1) is 5.95 Å². The highest BCUT2D eigenvalue weighted by Gasteiger charge is 2.16. The number of carboxylic acid groups (broad SMARTS) is 1. The molecular weight excluding hydrogens is 359 g/mol. The van der Waals surface area contributed by atoms with Crippen LogP contribution in [0.2, 0.25) is 0 Å². The van der Waals surface area contributed by atoms with Crippen molar-refractivity contribution in [3.8, 4) is 33.8 Å². The first kappa shape index (κ1) is 17.5. The van der Waals surface area contributed by atoms with Crippen LogP contribution in [-0.4, -0.2) is 21.3 Å². The number of hydrogen-bond acceptors (Lipinski definition) is 3. The Balaban J connectivity index is 1.68. The number of benzene rings is 3. The molecule has 3 aromatic carbocycles. The zero-order chi connectivity index (χ0) is 19.5. The number of aromatic carboxylic acids is 1. The molecule has 0 spiro atoms. The van der Waals surface area contributed by atoms with Crippen molar-refractivity contribution in [2.24, 2.45) is 0 Å². The highest BCUT2D eigenvalue weighted by molar-refractivity contribution is 5.92. The molecule has 0 radical (unpaired) electrons. The number of rotatable bonds is 5. The fourth-order valence-electron chi connectivity index (χ4n) is 2.93. The second-order valence-electron chi connectivity index (χ2n) is 6.10. The van der Waals surface area contributed by atoms with E-state index in [2.05, 4.69) is 10.2 Å². The van der Waals surface area contributed by atoms with Crippen LogP contribution < -0.4 is 4.74 Å². The van der Waals surface area contributed by atoms with Crippen molar-refractivity contribution < 1.29 is 19.0 Å². The number of aromatic amines is 1. The van der Waals surface area contributed by atoms with Crippen LogP contribution in [-0.2, 0) is 0 Å². The number of carboxylic acids is 1. The van der Waals surface area contributed by atoms with Gasteiger partial charge in [-0.05, 0) is 41.0 Å². The molecule has 0 aliphatic carbocycles. The average Bonchev–Trinajstić information content (AvgIpc) is 3.15. The lowest BCUT2D eigenvalue weighted by Gasteiger charge is -2.11. The fraction of sp³-hybridized carbons (Fsp3) is 0. The summed E-state index contributed by atoms with van der Waals surface area (Å²) in [5, 5.41) is 15.4. The number of hydrogen-bond donors (Lipinski definition) is 2. The van der Waals surface area contributed by atoms with Gasteiger partial charge in [0, 0.05) is 6.20 Å². The predicted octanol–water partition coefficient (Wildman–Crippen LogP) is 5.37. The Morgan fingerprint density at radius 2 is 1.71 bits per heavy atom. The Kier molecular flexibility index (Phi) is 4.60. The van der Waals surface area contributed by atoms with E-state index in [0.29, 0.717) is 11.3 Å². The number of nitrogens with one attached hydrogen (secondary N) is 1. The molecule has 1 aromatic heterocycles. The molecular formula is C22H15FN2O3. The van der Waals surface area contributed by atoms with Crippen LogP contribution in [0.3, 0.4) is 0 Å². The molecule has 0 fully saturated rings. The van der Waals surface area contributed by atoms with Gasteiger partial charge < -0.3 is 9.84 Å². The van der Waals surface area contributed by atoms with Crippen LogP contribution in [0.1, 0.15) is 10.4 Å². The summed E-state index contributed by atoms with van der Waals surface area (Å²) < 4.78 is 19.5. The predicted molar refractivity (Wildman–Crippen MR) is 103 cm³/mol. The number of halogens is 1. The lowest BCUT2D eigenvalue weighted by molar-refractivity contribution is 0.0694. The molecule has 2 N–H and O–H groups in total. The summed E-state index contributed by atoms with van der Waals surface area (Å²) in [5.74, 6) is -1.18. The van der Waals surface area contributed by atoms with Crippen molar-refractivity contribution in [3.05, 3.63) is 90.5 Å². The Labute approximate surface area is 160 Å². The van der Waals surface area contributed by atoms with Gasteiger partial charge in [0.1, 0.15) is 17.1 Å². The van der Waals surface area contributed by atoms with Gasteiger partial charge in [-0.2, -0.15) is 4.39 Å². The van der Waals surface area contributed by atoms with Crippen molar-refractivity contribution in [2.75, 3.05) is 0 Å². The van der Waals surface area contributed by atoms with E-state index in [1.165, 1.54) is 18.3 Å². The van der Waals surface area contributed by atoms with E-state index in [4.69, 9.17) is 4.74 Å². The van der Waals surface area contributed by atoms with Gasteiger partial charge in [-0.3, -0.25) is 5.10 Å². The van der Waals surface area contributed by atoms with Crippen molar-refractivity contribution in [1.82, 2.24) is 10.2 Å². The Morgan fingerprint density at radius 1 is 0.929 bits per heavy atom. The van der Waals surface area contributed by atoms with Gasteiger partial charge in [0.05, 0.1) is 5.56 Å². The molecule has 138 valence electrons. The van der Waals surface area contributed by atoms with Crippen molar-refractivity contribution in [1.29, 1.82) is 0 Å². The first-order valence-electron chi connectivity index (χ1n) is 8.52. The summed E-state index contributed by atoms with van der Waals surface area (Å²) in [6.45, 7) is 0. The molecule has 0 aliphatic heterocycles. The minimum atomic E-state index is -1.17. The summed E-state index contributed by atoms with van der Waals surface area (Å²) in [5.41, 5.74) is 2.50. The molecule has 1 heterocycles. The second kappa shape index (κ2) is 7.36. The van der Waals surface area contributed by atoms with Crippen LogP contribution in [0.5, 0.6) is 11.5 Å². The van der Waals surface area contributed by atoms with Crippen LogP contribution in [0.15, 0.2) is 79.0 Å². The van der Waals surface area contributed by atoms with Crippen molar-refractivity contribution >= 4 is 5.97 Å².